The first-order chi connectivity index (χ1) is 10.5. The van der Waals surface area contributed by atoms with Gasteiger partial charge >= 0.3 is 5.95 Å². The molecule has 120 valence electrons. The molecule has 2 aromatic rings. The quantitative estimate of drug-likeness (QED) is 0.619. The molecule has 0 amide bonds. The van der Waals surface area contributed by atoms with Crippen LogP contribution in [0.1, 0.15) is 12.6 Å². The van der Waals surface area contributed by atoms with Crippen molar-refractivity contribution in [1.82, 2.24) is 15.0 Å². The highest BCUT2D eigenvalue weighted by molar-refractivity contribution is 5.70. The lowest BCUT2D eigenvalue weighted by Gasteiger charge is -2.15. The summed E-state index contributed by atoms with van der Waals surface area (Å²) in [5.74, 6) is 0.637. The van der Waals surface area contributed by atoms with Gasteiger partial charge in [-0.1, -0.05) is 0 Å². The van der Waals surface area contributed by atoms with Crippen molar-refractivity contribution in [3.8, 4) is 6.01 Å². The summed E-state index contributed by atoms with van der Waals surface area (Å²) in [6.45, 7) is -0.219. The molecule has 2 aromatic heterocycles. The summed E-state index contributed by atoms with van der Waals surface area (Å²) in [7, 11) is 5.26. The molecule has 1 saturated heterocycles. The number of nitrogens with one attached hydrogen (secondary N) is 1. The number of anilines is 1. The summed E-state index contributed by atoms with van der Waals surface area (Å²) < 4.78 is 12.6. The molecule has 3 N–H and O–H groups in total. The summed E-state index contributed by atoms with van der Waals surface area (Å²) in [6, 6.07) is 0.380. The second-order valence-corrected chi connectivity index (χ2v) is 5.44. The lowest BCUT2D eigenvalue weighted by Crippen LogP contribution is -2.45. The molecule has 0 radical (unpaired) electrons. The highest BCUT2D eigenvalue weighted by Gasteiger charge is 2.38. The van der Waals surface area contributed by atoms with E-state index in [2.05, 4.69) is 15.0 Å². The van der Waals surface area contributed by atoms with Crippen molar-refractivity contribution in [3.05, 3.63) is 6.20 Å². The van der Waals surface area contributed by atoms with Crippen LogP contribution in [0.25, 0.3) is 11.2 Å². The number of aromatic nitrogens is 4. The zero-order valence-electron chi connectivity index (χ0n) is 12.7. The number of aliphatic hydroxyl groups excluding tert-OH is 2. The molecule has 9 heteroatoms. The highest BCUT2D eigenvalue weighted by atomic mass is 16.5. The van der Waals surface area contributed by atoms with Crippen molar-refractivity contribution in [2.24, 2.45) is 0 Å². The number of fused-ring (bicyclic) bond motifs is 1. The van der Waals surface area contributed by atoms with Gasteiger partial charge in [0.25, 0.3) is 11.7 Å². The molecule has 3 rings (SSSR count). The fourth-order valence-electron chi connectivity index (χ4n) is 2.57. The maximum Gasteiger partial charge on any atom is 0.397 e. The first-order valence-corrected chi connectivity index (χ1v) is 7.01. The van der Waals surface area contributed by atoms with Gasteiger partial charge in [-0.15, -0.1) is 0 Å². The van der Waals surface area contributed by atoms with Crippen molar-refractivity contribution in [2.45, 2.75) is 24.9 Å². The van der Waals surface area contributed by atoms with Crippen LogP contribution in [0.4, 0.5) is 5.95 Å². The maximum absolute atomic E-state index is 9.93. The molecular formula is C13H20N5O4+. The van der Waals surface area contributed by atoms with E-state index in [4.69, 9.17) is 9.47 Å². The van der Waals surface area contributed by atoms with Crippen LogP contribution >= 0.6 is 0 Å². The van der Waals surface area contributed by atoms with Crippen molar-refractivity contribution >= 4 is 17.1 Å². The topological polar surface area (TPSA) is 108 Å². The number of nitrogens with zero attached hydrogens (tertiary/aromatic N) is 4. The Kier molecular flexibility index (Phi) is 3.85. The SMILES string of the molecule is COc1nc2nc(N(C)C)[n+](C3C[C@H](O)[C@@H](CO)O3)cc2[nH]1. The molecule has 3 heterocycles. The summed E-state index contributed by atoms with van der Waals surface area (Å²) in [5.41, 5.74) is 1.24. The molecule has 1 fully saturated rings. The van der Waals surface area contributed by atoms with E-state index in [1.165, 1.54) is 7.11 Å². The van der Waals surface area contributed by atoms with Crippen LogP contribution in [0, 0.1) is 0 Å². The Balaban J connectivity index is 2.05. The van der Waals surface area contributed by atoms with Gasteiger partial charge in [0.15, 0.2) is 6.23 Å². The minimum absolute atomic E-state index is 0.219. The zero-order chi connectivity index (χ0) is 15.9. The summed E-state index contributed by atoms with van der Waals surface area (Å²) in [5, 5.41) is 19.2. The fourth-order valence-corrected chi connectivity index (χ4v) is 2.57. The van der Waals surface area contributed by atoms with Crippen molar-refractivity contribution < 1.29 is 24.3 Å². The first kappa shape index (κ1) is 14.9. The van der Waals surface area contributed by atoms with Crippen molar-refractivity contribution in [2.75, 3.05) is 32.7 Å². The number of aliphatic hydroxyl groups is 2. The third kappa shape index (κ3) is 2.47. The molecular weight excluding hydrogens is 290 g/mol. The average molecular weight is 310 g/mol. The number of hydrogen-bond donors (Lipinski definition) is 3. The molecule has 3 atom stereocenters. The fraction of sp³-hybridized carbons (Fsp3) is 0.615. The van der Waals surface area contributed by atoms with E-state index in [0.717, 1.165) is 0 Å². The summed E-state index contributed by atoms with van der Waals surface area (Å²) in [4.78, 5) is 13.6. The minimum atomic E-state index is -0.704. The van der Waals surface area contributed by atoms with Gasteiger partial charge in [0.2, 0.25) is 0 Å². The Labute approximate surface area is 127 Å². The van der Waals surface area contributed by atoms with Crippen LogP contribution in [-0.4, -0.2) is 65.2 Å². The number of rotatable bonds is 4. The second kappa shape index (κ2) is 5.67. The van der Waals surface area contributed by atoms with Crippen molar-refractivity contribution in [3.63, 3.8) is 0 Å². The third-order valence-corrected chi connectivity index (χ3v) is 3.68. The van der Waals surface area contributed by atoms with Gasteiger partial charge in [0.1, 0.15) is 11.6 Å². The number of H-pyrrole nitrogens is 1. The van der Waals surface area contributed by atoms with Gasteiger partial charge in [0, 0.05) is 6.42 Å². The average Bonchev–Trinajstić information content (AvgIpc) is 3.07. The molecule has 0 aromatic carbocycles. The van der Waals surface area contributed by atoms with E-state index in [1.807, 2.05) is 29.8 Å². The molecule has 0 spiro atoms. The Morgan fingerprint density at radius 3 is 2.86 bits per heavy atom. The molecule has 22 heavy (non-hydrogen) atoms. The van der Waals surface area contributed by atoms with Gasteiger partial charge in [-0.2, -0.15) is 4.98 Å². The Bertz CT molecular complexity index is 674. The predicted molar refractivity (Wildman–Crippen MR) is 76.6 cm³/mol. The summed E-state index contributed by atoms with van der Waals surface area (Å²) >= 11 is 0. The Hall–Kier alpha value is -1.97. The highest BCUT2D eigenvalue weighted by Crippen LogP contribution is 2.26. The number of aromatic amines is 1. The van der Waals surface area contributed by atoms with Crippen LogP contribution in [0.5, 0.6) is 6.01 Å². The molecule has 0 aliphatic carbocycles. The van der Waals surface area contributed by atoms with Crippen molar-refractivity contribution in [1.29, 1.82) is 0 Å². The van der Waals surface area contributed by atoms with Gasteiger partial charge in [-0.3, -0.25) is 4.90 Å². The standard InChI is InChI=1S/C13H19N5O4/c1-17(2)13-16-11-7(14-12(15-11)21-3)5-18(13)10-4-8(20)9(6-19)22-10/h5,8-10,19-20H,4,6H2,1-3H3/p+1/t8-,9+,10?/m0/s1. The lowest BCUT2D eigenvalue weighted by molar-refractivity contribution is -0.749. The Morgan fingerprint density at radius 2 is 2.27 bits per heavy atom. The number of imidazole rings is 1. The minimum Gasteiger partial charge on any atom is -0.468 e. The zero-order valence-corrected chi connectivity index (χ0v) is 12.7. The Morgan fingerprint density at radius 1 is 1.50 bits per heavy atom. The van der Waals surface area contributed by atoms with E-state index in [-0.39, 0.29) is 6.61 Å². The van der Waals surface area contributed by atoms with Crippen LogP contribution in [0.3, 0.4) is 0 Å². The van der Waals surface area contributed by atoms with Crippen LogP contribution in [0.2, 0.25) is 0 Å². The predicted octanol–water partition coefficient (Wildman–Crippen LogP) is -1.04. The molecule has 1 unspecified atom stereocenters. The molecule has 1 aliphatic heterocycles. The van der Waals surface area contributed by atoms with Crippen LogP contribution in [0.15, 0.2) is 6.20 Å². The summed E-state index contributed by atoms with van der Waals surface area (Å²) in [6.07, 6.45) is 0.513. The monoisotopic (exact) mass is 310 g/mol. The van der Waals surface area contributed by atoms with Crippen LogP contribution in [-0.2, 0) is 4.74 Å². The van der Waals surface area contributed by atoms with Gasteiger partial charge < -0.3 is 24.7 Å². The van der Waals surface area contributed by atoms with Gasteiger partial charge in [-0.05, 0) is 4.98 Å². The molecule has 9 nitrogen and oxygen atoms in total. The second-order valence-electron chi connectivity index (χ2n) is 5.44. The van der Waals surface area contributed by atoms with E-state index in [0.29, 0.717) is 29.5 Å². The molecule has 0 saturated carbocycles. The molecule has 0 bridgehead atoms. The van der Waals surface area contributed by atoms with E-state index in [9.17, 15) is 10.2 Å². The number of hydrogen-bond acceptors (Lipinski definition) is 7. The number of methoxy groups -OCH3 is 1. The lowest BCUT2D eigenvalue weighted by atomic mass is 10.2. The normalized spacial score (nSPS) is 24.9. The van der Waals surface area contributed by atoms with E-state index in [1.54, 1.807) is 0 Å². The molecule has 1 aliphatic rings. The van der Waals surface area contributed by atoms with Gasteiger partial charge in [0.05, 0.1) is 40.1 Å². The smallest absolute Gasteiger partial charge is 0.397 e. The van der Waals surface area contributed by atoms with Crippen LogP contribution < -0.4 is 14.2 Å². The largest absolute Gasteiger partial charge is 0.468 e. The third-order valence-electron chi connectivity index (χ3n) is 3.68. The maximum atomic E-state index is 9.93. The number of ether oxygens (including phenoxy) is 2. The van der Waals surface area contributed by atoms with E-state index < -0.39 is 18.4 Å². The first-order valence-electron chi connectivity index (χ1n) is 7.01. The van der Waals surface area contributed by atoms with Gasteiger partial charge in [-0.25, -0.2) is 4.57 Å². The van der Waals surface area contributed by atoms with E-state index >= 15 is 0 Å².